The van der Waals surface area contributed by atoms with Gasteiger partial charge in [0, 0.05) is 12.1 Å². The van der Waals surface area contributed by atoms with Gasteiger partial charge in [-0.05, 0) is 59.7 Å². The molecule has 0 radical (unpaired) electrons. The van der Waals surface area contributed by atoms with E-state index in [1.54, 1.807) is 0 Å². The van der Waals surface area contributed by atoms with Crippen LogP contribution in [0.5, 0.6) is 0 Å². The lowest BCUT2D eigenvalue weighted by Gasteiger charge is -2.35. The number of hydrogen-bond acceptors (Lipinski definition) is 2. The number of piperidine rings is 1. The molecule has 1 saturated heterocycles. The minimum Gasteiger partial charge on any atom is -0.315 e. The van der Waals surface area contributed by atoms with E-state index in [9.17, 15) is 0 Å². The minimum absolute atomic E-state index is 0.308. The van der Waals surface area contributed by atoms with Crippen molar-refractivity contribution < 1.29 is 0 Å². The Bertz CT molecular complexity index is 154. The average Bonchev–Trinajstić information content (AvgIpc) is 2.03. The topological polar surface area (TPSA) is 15.3 Å². The van der Waals surface area contributed by atoms with E-state index in [1.807, 2.05) is 0 Å². The van der Waals surface area contributed by atoms with Gasteiger partial charge in [-0.1, -0.05) is 0 Å². The molecule has 1 unspecified atom stereocenters. The van der Waals surface area contributed by atoms with E-state index < -0.39 is 0 Å². The molecule has 1 heterocycles. The third kappa shape index (κ3) is 3.65. The molecule has 1 rings (SSSR count). The van der Waals surface area contributed by atoms with E-state index in [1.165, 1.54) is 32.4 Å². The molecule has 0 aliphatic carbocycles. The van der Waals surface area contributed by atoms with Gasteiger partial charge in [0.1, 0.15) is 0 Å². The van der Waals surface area contributed by atoms with Gasteiger partial charge in [-0.15, -0.1) is 0 Å². The molecule has 2 heteroatoms. The van der Waals surface area contributed by atoms with Crippen LogP contribution in [0.15, 0.2) is 0 Å². The second kappa shape index (κ2) is 4.43. The molecule has 0 amide bonds. The van der Waals surface area contributed by atoms with Crippen molar-refractivity contribution in [3.63, 3.8) is 0 Å². The highest BCUT2D eigenvalue weighted by molar-refractivity contribution is 4.82. The van der Waals surface area contributed by atoms with E-state index in [-0.39, 0.29) is 0 Å². The third-order valence-corrected chi connectivity index (χ3v) is 3.20. The van der Waals surface area contributed by atoms with Gasteiger partial charge in [-0.25, -0.2) is 0 Å². The van der Waals surface area contributed by atoms with Gasteiger partial charge >= 0.3 is 0 Å². The Kier molecular flexibility index (Phi) is 3.74. The number of hydrogen-bond donors (Lipinski definition) is 1. The van der Waals surface area contributed by atoms with E-state index in [2.05, 4.69) is 38.2 Å². The van der Waals surface area contributed by atoms with Crippen molar-refractivity contribution in [3.8, 4) is 0 Å². The smallest absolute Gasteiger partial charge is 0.0125 e. The number of nitrogens with one attached hydrogen (secondary N) is 1. The summed E-state index contributed by atoms with van der Waals surface area (Å²) >= 11 is 0. The molecule has 1 N–H and O–H groups in total. The SMILES string of the molecule is CNC(C)(C)CC1CCCN(C)C1. The fourth-order valence-electron chi connectivity index (χ4n) is 2.26. The Balaban J connectivity index is 2.35. The van der Waals surface area contributed by atoms with E-state index >= 15 is 0 Å². The molecule has 0 aromatic heterocycles. The lowest BCUT2D eigenvalue weighted by Crippen LogP contribution is -2.42. The maximum atomic E-state index is 3.38. The zero-order chi connectivity index (χ0) is 9.90. The molecule has 13 heavy (non-hydrogen) atoms. The van der Waals surface area contributed by atoms with Crippen LogP contribution in [0, 0.1) is 5.92 Å². The molecule has 78 valence electrons. The first kappa shape index (κ1) is 11.0. The maximum Gasteiger partial charge on any atom is 0.0125 e. The fourth-order valence-corrected chi connectivity index (χ4v) is 2.26. The summed E-state index contributed by atoms with van der Waals surface area (Å²) in [5.41, 5.74) is 0.308. The highest BCUT2D eigenvalue weighted by Crippen LogP contribution is 2.24. The van der Waals surface area contributed by atoms with Crippen molar-refractivity contribution in [2.75, 3.05) is 27.2 Å². The van der Waals surface area contributed by atoms with E-state index in [0.29, 0.717) is 5.54 Å². The molecule has 1 fully saturated rings. The number of nitrogens with zero attached hydrogens (tertiary/aromatic N) is 1. The first-order valence-corrected chi connectivity index (χ1v) is 5.41. The summed E-state index contributed by atoms with van der Waals surface area (Å²) in [7, 11) is 4.30. The van der Waals surface area contributed by atoms with Crippen LogP contribution in [-0.2, 0) is 0 Å². The molecule has 0 spiro atoms. The maximum absolute atomic E-state index is 3.38. The summed E-state index contributed by atoms with van der Waals surface area (Å²) in [5.74, 6) is 0.890. The minimum atomic E-state index is 0.308. The molecule has 1 aliphatic rings. The highest BCUT2D eigenvalue weighted by Gasteiger charge is 2.24. The molecule has 1 aliphatic heterocycles. The monoisotopic (exact) mass is 184 g/mol. The van der Waals surface area contributed by atoms with E-state index in [4.69, 9.17) is 0 Å². The Morgan fingerprint density at radius 3 is 2.69 bits per heavy atom. The summed E-state index contributed by atoms with van der Waals surface area (Å²) in [6.07, 6.45) is 4.09. The van der Waals surface area contributed by atoms with Crippen molar-refractivity contribution >= 4 is 0 Å². The van der Waals surface area contributed by atoms with Crippen LogP contribution in [0.2, 0.25) is 0 Å². The molecular weight excluding hydrogens is 160 g/mol. The van der Waals surface area contributed by atoms with Crippen LogP contribution in [0.4, 0.5) is 0 Å². The van der Waals surface area contributed by atoms with Crippen LogP contribution < -0.4 is 5.32 Å². The second-order valence-corrected chi connectivity index (χ2v) is 5.11. The van der Waals surface area contributed by atoms with Crippen molar-refractivity contribution in [2.24, 2.45) is 5.92 Å². The molecule has 0 bridgehead atoms. The van der Waals surface area contributed by atoms with E-state index in [0.717, 1.165) is 5.92 Å². The first-order chi connectivity index (χ1) is 6.03. The average molecular weight is 184 g/mol. The van der Waals surface area contributed by atoms with Gasteiger partial charge in [0.05, 0.1) is 0 Å². The van der Waals surface area contributed by atoms with Gasteiger partial charge in [0.15, 0.2) is 0 Å². The summed E-state index contributed by atoms with van der Waals surface area (Å²) < 4.78 is 0. The standard InChI is InChI=1S/C11H24N2/c1-11(2,12-3)8-10-6-5-7-13(4)9-10/h10,12H,5-9H2,1-4H3. The van der Waals surface area contributed by atoms with Gasteiger partial charge in [-0.2, -0.15) is 0 Å². The van der Waals surface area contributed by atoms with Crippen LogP contribution in [-0.4, -0.2) is 37.6 Å². The van der Waals surface area contributed by atoms with Gasteiger partial charge in [0.2, 0.25) is 0 Å². The lowest BCUT2D eigenvalue weighted by molar-refractivity contribution is 0.174. The molecule has 2 nitrogen and oxygen atoms in total. The normalized spacial score (nSPS) is 26.3. The van der Waals surface area contributed by atoms with Crippen LogP contribution in [0.3, 0.4) is 0 Å². The predicted octanol–water partition coefficient (Wildman–Crippen LogP) is 1.72. The van der Waals surface area contributed by atoms with Crippen molar-refractivity contribution in [3.05, 3.63) is 0 Å². The summed E-state index contributed by atoms with van der Waals surface area (Å²) in [6, 6.07) is 0. The molecule has 1 atom stereocenters. The van der Waals surface area contributed by atoms with Gasteiger partial charge < -0.3 is 10.2 Å². The summed E-state index contributed by atoms with van der Waals surface area (Å²) in [5, 5.41) is 3.38. The summed E-state index contributed by atoms with van der Waals surface area (Å²) in [6.45, 7) is 7.16. The Morgan fingerprint density at radius 1 is 1.46 bits per heavy atom. The van der Waals surface area contributed by atoms with Crippen LogP contribution >= 0.6 is 0 Å². The Morgan fingerprint density at radius 2 is 2.15 bits per heavy atom. The Hall–Kier alpha value is -0.0800. The largest absolute Gasteiger partial charge is 0.315 e. The van der Waals surface area contributed by atoms with Gasteiger partial charge in [-0.3, -0.25) is 0 Å². The van der Waals surface area contributed by atoms with Crippen LogP contribution in [0.1, 0.15) is 33.1 Å². The van der Waals surface area contributed by atoms with Crippen molar-refractivity contribution in [2.45, 2.75) is 38.6 Å². The fraction of sp³-hybridized carbons (Fsp3) is 1.00. The number of rotatable bonds is 3. The molecule has 0 aromatic rings. The molecule has 0 aromatic carbocycles. The molecular formula is C11H24N2. The summed E-state index contributed by atoms with van der Waals surface area (Å²) in [4.78, 5) is 2.46. The first-order valence-electron chi connectivity index (χ1n) is 5.41. The zero-order valence-electron chi connectivity index (χ0n) is 9.56. The van der Waals surface area contributed by atoms with Crippen molar-refractivity contribution in [1.29, 1.82) is 0 Å². The van der Waals surface area contributed by atoms with Crippen LogP contribution in [0.25, 0.3) is 0 Å². The molecule has 0 saturated carbocycles. The second-order valence-electron chi connectivity index (χ2n) is 5.11. The zero-order valence-corrected chi connectivity index (χ0v) is 9.56. The van der Waals surface area contributed by atoms with Crippen molar-refractivity contribution in [1.82, 2.24) is 10.2 Å². The van der Waals surface area contributed by atoms with Gasteiger partial charge in [0.25, 0.3) is 0 Å². The Labute approximate surface area is 82.7 Å². The third-order valence-electron chi connectivity index (χ3n) is 3.20. The quantitative estimate of drug-likeness (QED) is 0.718. The predicted molar refractivity (Wildman–Crippen MR) is 58.0 cm³/mol. The number of likely N-dealkylation sites (tertiary alicyclic amines) is 1. The highest BCUT2D eigenvalue weighted by atomic mass is 15.1. The lowest BCUT2D eigenvalue weighted by atomic mass is 9.86.